The first-order valence-electron chi connectivity index (χ1n) is 6.60. The third kappa shape index (κ3) is 4.86. The van der Waals surface area contributed by atoms with Gasteiger partial charge in [0, 0.05) is 6.54 Å². The van der Waals surface area contributed by atoms with Crippen LogP contribution in [0.3, 0.4) is 0 Å². The molecule has 1 aromatic rings. The highest BCUT2D eigenvalue weighted by molar-refractivity contribution is 5.22. The predicted molar refractivity (Wildman–Crippen MR) is 71.8 cm³/mol. The van der Waals surface area contributed by atoms with Gasteiger partial charge in [0.1, 0.15) is 5.82 Å². The monoisotopic (exact) mass is 237 g/mol. The van der Waals surface area contributed by atoms with Crippen LogP contribution in [0.2, 0.25) is 0 Å². The van der Waals surface area contributed by atoms with Gasteiger partial charge in [0.05, 0.1) is 0 Å². The van der Waals surface area contributed by atoms with E-state index in [1.807, 2.05) is 12.1 Å². The molecule has 17 heavy (non-hydrogen) atoms. The van der Waals surface area contributed by atoms with Crippen molar-refractivity contribution in [3.8, 4) is 0 Å². The zero-order valence-corrected chi connectivity index (χ0v) is 11.2. The Morgan fingerprint density at radius 1 is 1.18 bits per heavy atom. The molecule has 1 atom stereocenters. The minimum absolute atomic E-state index is 0.0719. The molecule has 0 aliphatic heterocycles. The van der Waals surface area contributed by atoms with Gasteiger partial charge in [-0.1, -0.05) is 45.4 Å². The van der Waals surface area contributed by atoms with Gasteiger partial charge < -0.3 is 5.32 Å². The lowest BCUT2D eigenvalue weighted by molar-refractivity contribution is 0.482. The smallest absolute Gasteiger partial charge is 0.126 e. The number of hydrogen-bond donors (Lipinski definition) is 1. The van der Waals surface area contributed by atoms with E-state index in [0.29, 0.717) is 11.8 Å². The van der Waals surface area contributed by atoms with Gasteiger partial charge in [-0.15, -0.1) is 0 Å². The quantitative estimate of drug-likeness (QED) is 0.757. The Kier molecular flexibility index (Phi) is 6.20. The molecule has 0 amide bonds. The zero-order valence-electron chi connectivity index (χ0n) is 11.2. The van der Waals surface area contributed by atoms with Gasteiger partial charge in [0.25, 0.3) is 0 Å². The van der Waals surface area contributed by atoms with Gasteiger partial charge in [-0.05, 0) is 36.4 Å². The molecule has 0 aromatic heterocycles. The molecule has 1 aromatic carbocycles. The van der Waals surface area contributed by atoms with E-state index in [-0.39, 0.29) is 5.82 Å². The van der Waals surface area contributed by atoms with Gasteiger partial charge in [-0.2, -0.15) is 0 Å². The maximum atomic E-state index is 13.7. The lowest BCUT2D eigenvalue weighted by Gasteiger charge is -2.19. The summed E-state index contributed by atoms with van der Waals surface area (Å²) >= 11 is 0. The van der Waals surface area contributed by atoms with E-state index in [2.05, 4.69) is 26.1 Å². The normalized spacial score (nSPS) is 13.0. The van der Waals surface area contributed by atoms with Crippen molar-refractivity contribution in [1.82, 2.24) is 5.32 Å². The summed E-state index contributed by atoms with van der Waals surface area (Å²) in [7, 11) is 0. The number of nitrogens with one attached hydrogen (secondary N) is 1. The lowest BCUT2D eigenvalue weighted by atomic mass is 9.94. The minimum Gasteiger partial charge on any atom is -0.316 e. The maximum absolute atomic E-state index is 13.7. The summed E-state index contributed by atoms with van der Waals surface area (Å²) in [4.78, 5) is 0. The molecule has 1 unspecified atom stereocenters. The fourth-order valence-electron chi connectivity index (χ4n) is 2.07. The highest BCUT2D eigenvalue weighted by atomic mass is 19.1. The minimum atomic E-state index is -0.0719. The summed E-state index contributed by atoms with van der Waals surface area (Å²) in [5.41, 5.74) is 0.852. The third-order valence-electron chi connectivity index (χ3n) is 2.93. The van der Waals surface area contributed by atoms with E-state index >= 15 is 0 Å². The predicted octanol–water partition coefficient (Wildman–Crippen LogP) is 3.96. The molecule has 0 spiro atoms. The van der Waals surface area contributed by atoms with E-state index in [0.717, 1.165) is 31.5 Å². The van der Waals surface area contributed by atoms with Gasteiger partial charge in [0.15, 0.2) is 0 Å². The fourth-order valence-corrected chi connectivity index (χ4v) is 2.07. The molecular weight excluding hydrogens is 213 g/mol. The SMILES string of the molecule is CCCC(CNCC(C)C)c1ccccc1F. The molecule has 0 fully saturated rings. The molecule has 0 aliphatic rings. The highest BCUT2D eigenvalue weighted by Gasteiger charge is 2.14. The summed E-state index contributed by atoms with van der Waals surface area (Å²) in [6.45, 7) is 8.38. The van der Waals surface area contributed by atoms with Crippen LogP contribution in [0.15, 0.2) is 24.3 Å². The zero-order chi connectivity index (χ0) is 12.7. The van der Waals surface area contributed by atoms with Crippen molar-refractivity contribution in [3.63, 3.8) is 0 Å². The van der Waals surface area contributed by atoms with E-state index in [1.165, 1.54) is 0 Å². The molecule has 0 saturated heterocycles. The van der Waals surface area contributed by atoms with Crippen LogP contribution in [0.5, 0.6) is 0 Å². The molecule has 0 heterocycles. The summed E-state index contributed by atoms with van der Waals surface area (Å²) < 4.78 is 13.7. The molecule has 0 radical (unpaired) electrons. The van der Waals surface area contributed by atoms with Gasteiger partial charge in [-0.3, -0.25) is 0 Å². The largest absolute Gasteiger partial charge is 0.316 e. The van der Waals surface area contributed by atoms with Crippen molar-refractivity contribution in [1.29, 1.82) is 0 Å². The van der Waals surface area contributed by atoms with Gasteiger partial charge >= 0.3 is 0 Å². The second-order valence-corrected chi connectivity index (χ2v) is 5.06. The first-order valence-corrected chi connectivity index (χ1v) is 6.60. The van der Waals surface area contributed by atoms with Gasteiger partial charge in [0.2, 0.25) is 0 Å². The Balaban J connectivity index is 2.62. The van der Waals surface area contributed by atoms with E-state index in [1.54, 1.807) is 12.1 Å². The number of hydrogen-bond acceptors (Lipinski definition) is 1. The van der Waals surface area contributed by atoms with Crippen LogP contribution in [0.1, 0.15) is 45.1 Å². The first kappa shape index (κ1) is 14.2. The van der Waals surface area contributed by atoms with Crippen molar-refractivity contribution in [2.75, 3.05) is 13.1 Å². The molecule has 1 N–H and O–H groups in total. The Labute approximate surface area is 104 Å². The average Bonchev–Trinajstić information content (AvgIpc) is 2.28. The molecule has 0 bridgehead atoms. The standard InChI is InChI=1S/C15H24FN/c1-4-7-13(11-17-10-12(2)3)14-8-5-6-9-15(14)16/h5-6,8-9,12-13,17H,4,7,10-11H2,1-3H3. The van der Waals surface area contributed by atoms with E-state index in [4.69, 9.17) is 0 Å². The van der Waals surface area contributed by atoms with Crippen molar-refractivity contribution in [3.05, 3.63) is 35.6 Å². The Morgan fingerprint density at radius 2 is 1.88 bits per heavy atom. The maximum Gasteiger partial charge on any atom is 0.126 e. The van der Waals surface area contributed by atoms with Crippen molar-refractivity contribution in [2.24, 2.45) is 5.92 Å². The molecule has 0 aliphatic carbocycles. The molecule has 96 valence electrons. The molecule has 2 heteroatoms. The van der Waals surface area contributed by atoms with Crippen LogP contribution in [-0.2, 0) is 0 Å². The number of benzene rings is 1. The number of rotatable bonds is 7. The van der Waals surface area contributed by atoms with Crippen molar-refractivity contribution >= 4 is 0 Å². The number of halogens is 1. The summed E-state index contributed by atoms with van der Waals surface area (Å²) in [6.07, 6.45) is 2.12. The van der Waals surface area contributed by atoms with Gasteiger partial charge in [-0.25, -0.2) is 4.39 Å². The first-order chi connectivity index (χ1) is 8.15. The third-order valence-corrected chi connectivity index (χ3v) is 2.93. The van der Waals surface area contributed by atoms with Crippen LogP contribution < -0.4 is 5.32 Å². The second kappa shape index (κ2) is 7.44. The topological polar surface area (TPSA) is 12.0 Å². The highest BCUT2D eigenvalue weighted by Crippen LogP contribution is 2.23. The molecule has 1 rings (SSSR count). The molecular formula is C15H24FN. The van der Waals surface area contributed by atoms with Crippen LogP contribution in [0.4, 0.5) is 4.39 Å². The van der Waals surface area contributed by atoms with Crippen molar-refractivity contribution in [2.45, 2.75) is 39.5 Å². The summed E-state index contributed by atoms with van der Waals surface area (Å²) in [5.74, 6) is 0.857. The molecule has 0 saturated carbocycles. The second-order valence-electron chi connectivity index (χ2n) is 5.06. The summed E-state index contributed by atoms with van der Waals surface area (Å²) in [6, 6.07) is 7.14. The Bertz CT molecular complexity index is 322. The molecule has 1 nitrogen and oxygen atoms in total. The van der Waals surface area contributed by atoms with E-state index < -0.39 is 0 Å². The van der Waals surface area contributed by atoms with Crippen LogP contribution in [-0.4, -0.2) is 13.1 Å². The van der Waals surface area contributed by atoms with Crippen molar-refractivity contribution < 1.29 is 4.39 Å². The van der Waals surface area contributed by atoms with Crippen LogP contribution in [0, 0.1) is 11.7 Å². The lowest BCUT2D eigenvalue weighted by Crippen LogP contribution is -2.25. The average molecular weight is 237 g/mol. The Hall–Kier alpha value is -0.890. The van der Waals surface area contributed by atoms with Crippen LogP contribution in [0.25, 0.3) is 0 Å². The Morgan fingerprint density at radius 3 is 2.47 bits per heavy atom. The summed E-state index contributed by atoms with van der Waals surface area (Å²) in [5, 5.41) is 3.43. The fraction of sp³-hybridized carbons (Fsp3) is 0.600. The van der Waals surface area contributed by atoms with Crippen LogP contribution >= 0.6 is 0 Å². The van der Waals surface area contributed by atoms with E-state index in [9.17, 15) is 4.39 Å².